The van der Waals surface area contributed by atoms with Crippen molar-refractivity contribution in [1.82, 2.24) is 4.57 Å². The third-order valence-corrected chi connectivity index (χ3v) is 7.88. The van der Waals surface area contributed by atoms with Crippen molar-refractivity contribution in [3.8, 4) is 0 Å². The third-order valence-electron chi connectivity index (χ3n) is 6.90. The van der Waals surface area contributed by atoms with E-state index in [1.807, 2.05) is 36.4 Å². The maximum atomic E-state index is 13.7. The fourth-order valence-electron chi connectivity index (χ4n) is 4.90. The summed E-state index contributed by atoms with van der Waals surface area (Å²) in [7, 11) is 1.35. The van der Waals surface area contributed by atoms with Crippen LogP contribution in [0.2, 0.25) is 0 Å². The van der Waals surface area contributed by atoms with Gasteiger partial charge in [-0.1, -0.05) is 49.4 Å². The van der Waals surface area contributed by atoms with Gasteiger partial charge in [-0.15, -0.1) is 0 Å². The van der Waals surface area contributed by atoms with Crippen LogP contribution in [0.1, 0.15) is 68.9 Å². The predicted octanol–water partition coefficient (Wildman–Crippen LogP) is 4.11. The molecule has 2 aliphatic heterocycles. The summed E-state index contributed by atoms with van der Waals surface area (Å²) in [5, 5.41) is 0. The number of esters is 1. The van der Waals surface area contributed by atoms with Crippen molar-refractivity contribution in [3.05, 3.63) is 84.2 Å². The standard InChI is InChI=1S/C28H31N3O4S/c1-17(2)19-8-10-20(11-9-19)25-24(27(33)34-4)18(3)29-28-31(25)26(32)22(36-28)16-21-12-13-23(35-21)30-14-6-5-7-15-30/h8-13,16-17,25H,5-7,14-15H2,1-4H3. The number of aromatic nitrogens is 1. The summed E-state index contributed by atoms with van der Waals surface area (Å²) in [6.07, 6.45) is 5.34. The Labute approximate surface area is 214 Å². The highest BCUT2D eigenvalue weighted by Crippen LogP contribution is 2.31. The van der Waals surface area contributed by atoms with Crippen molar-refractivity contribution in [1.29, 1.82) is 0 Å². The molecule has 0 radical (unpaired) electrons. The fraction of sp³-hybridized carbons (Fsp3) is 0.393. The molecule has 0 aliphatic carbocycles. The van der Waals surface area contributed by atoms with Crippen LogP contribution >= 0.6 is 11.3 Å². The number of nitrogens with zero attached hydrogens (tertiary/aromatic N) is 3. The zero-order valence-corrected chi connectivity index (χ0v) is 21.9. The SMILES string of the molecule is COC(=O)C1=C(C)N=c2sc(=Cc3ccc(N4CCCCC4)o3)c(=O)n2C1c1ccc(C(C)C)cc1. The first kappa shape index (κ1) is 24.3. The van der Waals surface area contributed by atoms with Crippen LogP contribution in [0, 0.1) is 0 Å². The Kier molecular flexibility index (Phi) is 6.71. The molecule has 0 spiro atoms. The first-order chi connectivity index (χ1) is 17.4. The summed E-state index contributed by atoms with van der Waals surface area (Å²) in [5.74, 6) is 1.35. The number of piperidine rings is 1. The number of rotatable bonds is 5. The topological polar surface area (TPSA) is 77.0 Å². The molecule has 188 valence electrons. The van der Waals surface area contributed by atoms with E-state index in [1.165, 1.54) is 30.4 Å². The second-order valence-corrected chi connectivity index (χ2v) is 10.6. The number of fused-ring (bicyclic) bond motifs is 1. The Balaban J connectivity index is 1.60. The van der Waals surface area contributed by atoms with E-state index < -0.39 is 12.0 Å². The van der Waals surface area contributed by atoms with Gasteiger partial charge in [-0.3, -0.25) is 9.36 Å². The van der Waals surface area contributed by atoms with Gasteiger partial charge in [0, 0.05) is 25.2 Å². The minimum atomic E-state index is -0.613. The highest BCUT2D eigenvalue weighted by Gasteiger charge is 2.33. The number of hydrogen-bond acceptors (Lipinski definition) is 7. The van der Waals surface area contributed by atoms with Crippen molar-refractivity contribution in [2.24, 2.45) is 4.99 Å². The Morgan fingerprint density at radius 1 is 1.14 bits per heavy atom. The minimum absolute atomic E-state index is 0.207. The van der Waals surface area contributed by atoms with E-state index in [2.05, 4.69) is 23.7 Å². The fourth-order valence-corrected chi connectivity index (χ4v) is 5.93. The number of hydrogen-bond donors (Lipinski definition) is 0. The van der Waals surface area contributed by atoms with Crippen LogP contribution in [0.25, 0.3) is 6.08 Å². The van der Waals surface area contributed by atoms with Gasteiger partial charge >= 0.3 is 5.97 Å². The number of furan rings is 1. The molecule has 1 unspecified atom stereocenters. The summed E-state index contributed by atoms with van der Waals surface area (Å²) >= 11 is 1.30. The zero-order valence-electron chi connectivity index (χ0n) is 21.1. The Hall–Kier alpha value is -3.39. The van der Waals surface area contributed by atoms with Crippen molar-refractivity contribution >= 4 is 29.3 Å². The number of thiazole rings is 1. The number of methoxy groups -OCH3 is 1. The smallest absolute Gasteiger partial charge is 0.338 e. The van der Waals surface area contributed by atoms with Gasteiger partial charge in [0.05, 0.1) is 29.0 Å². The van der Waals surface area contributed by atoms with Gasteiger partial charge in [-0.05, 0) is 49.3 Å². The summed E-state index contributed by atoms with van der Waals surface area (Å²) in [6, 6.07) is 11.3. The minimum Gasteiger partial charge on any atom is -0.466 e. The summed E-state index contributed by atoms with van der Waals surface area (Å²) in [4.78, 5) is 34.0. The highest BCUT2D eigenvalue weighted by atomic mass is 32.1. The normalized spacial score (nSPS) is 18.4. The van der Waals surface area contributed by atoms with Gasteiger partial charge < -0.3 is 14.1 Å². The van der Waals surface area contributed by atoms with Crippen molar-refractivity contribution in [2.75, 3.05) is 25.1 Å². The molecule has 1 atom stereocenters. The van der Waals surface area contributed by atoms with Gasteiger partial charge in [0.1, 0.15) is 5.76 Å². The predicted molar refractivity (Wildman–Crippen MR) is 141 cm³/mol. The van der Waals surface area contributed by atoms with Gasteiger partial charge in [-0.25, -0.2) is 9.79 Å². The number of ether oxygens (including phenoxy) is 1. The van der Waals surface area contributed by atoms with Crippen LogP contribution < -0.4 is 19.8 Å². The molecule has 0 amide bonds. The number of benzene rings is 1. The largest absolute Gasteiger partial charge is 0.466 e. The second kappa shape index (κ2) is 9.93. The molecule has 8 heteroatoms. The maximum absolute atomic E-state index is 13.7. The molecule has 36 heavy (non-hydrogen) atoms. The van der Waals surface area contributed by atoms with E-state index in [9.17, 15) is 9.59 Å². The van der Waals surface area contributed by atoms with Crippen LogP contribution in [0.15, 0.2) is 61.9 Å². The maximum Gasteiger partial charge on any atom is 0.338 e. The van der Waals surface area contributed by atoms with Crippen LogP contribution in [0.3, 0.4) is 0 Å². The lowest BCUT2D eigenvalue weighted by atomic mass is 9.93. The molecule has 0 bridgehead atoms. The lowest BCUT2D eigenvalue weighted by molar-refractivity contribution is -0.136. The van der Waals surface area contributed by atoms with Gasteiger partial charge in [0.15, 0.2) is 10.7 Å². The highest BCUT2D eigenvalue weighted by molar-refractivity contribution is 7.07. The molecule has 3 aromatic rings. The van der Waals surface area contributed by atoms with Gasteiger partial charge in [0.2, 0.25) is 0 Å². The van der Waals surface area contributed by atoms with Crippen molar-refractivity contribution in [2.45, 2.75) is 52.0 Å². The van der Waals surface area contributed by atoms with Crippen LogP contribution in [0.4, 0.5) is 5.88 Å². The Morgan fingerprint density at radius 3 is 2.53 bits per heavy atom. The third kappa shape index (κ3) is 4.46. The molecule has 1 saturated heterocycles. The monoisotopic (exact) mass is 505 g/mol. The number of carbonyl (C=O) groups excluding carboxylic acids is 1. The first-order valence-corrected chi connectivity index (χ1v) is 13.2. The number of carbonyl (C=O) groups is 1. The molecule has 5 rings (SSSR count). The Bertz CT molecular complexity index is 1480. The average Bonchev–Trinajstić information content (AvgIpc) is 3.48. The molecule has 4 heterocycles. The van der Waals surface area contributed by atoms with Crippen LogP contribution in [-0.2, 0) is 9.53 Å². The van der Waals surface area contributed by atoms with Gasteiger partial charge in [0.25, 0.3) is 5.56 Å². The molecule has 2 aliphatic rings. The lowest BCUT2D eigenvalue weighted by Gasteiger charge is -2.25. The summed E-state index contributed by atoms with van der Waals surface area (Å²) < 4.78 is 13.3. The summed E-state index contributed by atoms with van der Waals surface area (Å²) in [5.41, 5.74) is 2.75. The van der Waals surface area contributed by atoms with Crippen molar-refractivity contribution < 1.29 is 13.9 Å². The molecule has 2 aromatic heterocycles. The number of allylic oxidation sites excluding steroid dienone is 1. The molecule has 0 saturated carbocycles. The van der Waals surface area contributed by atoms with E-state index in [0.717, 1.165) is 37.4 Å². The lowest BCUT2D eigenvalue weighted by Crippen LogP contribution is -2.39. The quantitative estimate of drug-likeness (QED) is 0.488. The Morgan fingerprint density at radius 2 is 1.86 bits per heavy atom. The van der Waals surface area contributed by atoms with E-state index >= 15 is 0 Å². The van der Waals surface area contributed by atoms with E-state index in [0.29, 0.717) is 32.3 Å². The second-order valence-electron chi connectivity index (χ2n) is 9.62. The zero-order chi connectivity index (χ0) is 25.4. The molecule has 1 aromatic carbocycles. The van der Waals surface area contributed by atoms with Gasteiger partial charge in [-0.2, -0.15) is 0 Å². The van der Waals surface area contributed by atoms with E-state index in [4.69, 9.17) is 9.15 Å². The molecule has 7 nitrogen and oxygen atoms in total. The van der Waals surface area contributed by atoms with Crippen molar-refractivity contribution in [3.63, 3.8) is 0 Å². The summed E-state index contributed by atoms with van der Waals surface area (Å²) in [6.45, 7) is 8.03. The van der Waals surface area contributed by atoms with Crippen LogP contribution in [-0.4, -0.2) is 30.7 Å². The molecule has 1 fully saturated rings. The molecular formula is C28H31N3O4S. The van der Waals surface area contributed by atoms with E-state index in [-0.39, 0.29) is 5.56 Å². The first-order valence-electron chi connectivity index (χ1n) is 12.4. The average molecular weight is 506 g/mol. The number of anilines is 1. The molecule has 0 N–H and O–H groups in total. The van der Waals surface area contributed by atoms with Crippen LogP contribution in [0.5, 0.6) is 0 Å². The van der Waals surface area contributed by atoms with E-state index in [1.54, 1.807) is 17.6 Å². The molecular weight excluding hydrogens is 474 g/mol.